The summed E-state index contributed by atoms with van der Waals surface area (Å²) in [4.78, 5) is 0. The quantitative estimate of drug-likeness (QED) is 0.190. The number of sulfone groups is 1. The van der Waals surface area contributed by atoms with Gasteiger partial charge in [-0.15, -0.1) is 0 Å². The third-order valence-corrected chi connectivity index (χ3v) is 11.4. The van der Waals surface area contributed by atoms with E-state index in [9.17, 15) is 8.42 Å². The SMILES string of the molecule is O=S(=O)(C(c1ccc(Oc2ccccc2)cc1)C1CS1)C(c1ccc(Oc2ccccc2)cc1)C1CS1. The minimum atomic E-state index is -3.51. The Kier molecular flexibility index (Phi) is 6.93. The summed E-state index contributed by atoms with van der Waals surface area (Å²) in [6.07, 6.45) is 0. The average molecular weight is 547 g/mol. The van der Waals surface area contributed by atoms with Crippen molar-refractivity contribution in [2.45, 2.75) is 21.0 Å². The Morgan fingerprint density at radius 2 is 0.865 bits per heavy atom. The number of thioether (sulfide) groups is 2. The van der Waals surface area contributed by atoms with Crippen LogP contribution < -0.4 is 9.47 Å². The fourth-order valence-corrected chi connectivity index (χ4v) is 9.89. The first-order valence-corrected chi connectivity index (χ1v) is 15.9. The number of rotatable bonds is 10. The molecule has 0 radical (unpaired) electrons. The molecule has 4 aromatic rings. The average Bonchev–Trinajstić information content (AvgIpc) is 3.84. The molecule has 7 heteroatoms. The normalized spacial score (nSPS) is 20.0. The molecule has 4 atom stereocenters. The molecule has 4 aromatic carbocycles. The molecule has 2 aliphatic rings. The lowest BCUT2D eigenvalue weighted by molar-refractivity contribution is 0.482. The zero-order chi connectivity index (χ0) is 25.2. The largest absolute Gasteiger partial charge is 0.457 e. The van der Waals surface area contributed by atoms with Crippen molar-refractivity contribution in [3.8, 4) is 23.0 Å². The summed E-state index contributed by atoms with van der Waals surface area (Å²) >= 11 is 3.43. The van der Waals surface area contributed by atoms with E-state index in [-0.39, 0.29) is 10.5 Å². The van der Waals surface area contributed by atoms with Crippen molar-refractivity contribution >= 4 is 33.4 Å². The van der Waals surface area contributed by atoms with Gasteiger partial charge in [0.1, 0.15) is 23.0 Å². The molecule has 0 saturated carbocycles. The van der Waals surface area contributed by atoms with E-state index in [1.807, 2.05) is 109 Å². The van der Waals surface area contributed by atoms with Gasteiger partial charge in [0, 0.05) is 22.0 Å². The van der Waals surface area contributed by atoms with Crippen LogP contribution in [0.15, 0.2) is 109 Å². The Hall–Kier alpha value is -2.87. The second-order valence-electron chi connectivity index (χ2n) is 9.14. The van der Waals surface area contributed by atoms with Crippen LogP contribution >= 0.6 is 23.5 Å². The van der Waals surface area contributed by atoms with Gasteiger partial charge in [0.2, 0.25) is 0 Å². The molecule has 0 amide bonds. The van der Waals surface area contributed by atoms with Gasteiger partial charge in [0.15, 0.2) is 9.84 Å². The van der Waals surface area contributed by atoms with Gasteiger partial charge in [0.05, 0.1) is 10.5 Å². The topological polar surface area (TPSA) is 52.6 Å². The monoisotopic (exact) mass is 546 g/mol. The van der Waals surface area contributed by atoms with Crippen molar-refractivity contribution in [2.75, 3.05) is 11.5 Å². The maximum Gasteiger partial charge on any atom is 0.166 e. The standard InChI is InChI=1S/C30H26O4S3/c31-37(32,29(27-19-35-27)21-11-15-25(16-12-21)33-23-7-3-1-4-8-23)30(28-20-36-28)22-13-17-26(18-14-22)34-24-9-5-2-6-10-24/h1-18,27-30H,19-20H2. The molecule has 0 aliphatic carbocycles. The Balaban J connectivity index is 1.25. The Bertz CT molecular complexity index is 1330. The minimum absolute atomic E-state index is 0.0813. The van der Waals surface area contributed by atoms with Crippen LogP contribution in [-0.4, -0.2) is 30.4 Å². The molecule has 4 unspecified atom stereocenters. The van der Waals surface area contributed by atoms with Gasteiger partial charge in [-0.05, 0) is 59.7 Å². The molecule has 4 nitrogen and oxygen atoms in total. The van der Waals surface area contributed by atoms with E-state index in [0.717, 1.165) is 34.1 Å². The lowest BCUT2D eigenvalue weighted by atomic mass is 10.1. The van der Waals surface area contributed by atoms with Crippen molar-refractivity contribution < 1.29 is 17.9 Å². The van der Waals surface area contributed by atoms with Gasteiger partial charge < -0.3 is 9.47 Å². The maximum atomic E-state index is 14.3. The predicted molar refractivity (Wildman–Crippen MR) is 153 cm³/mol. The summed E-state index contributed by atoms with van der Waals surface area (Å²) < 4.78 is 40.4. The third-order valence-electron chi connectivity index (χ3n) is 6.48. The summed E-state index contributed by atoms with van der Waals surface area (Å²) in [7, 11) is -3.51. The summed E-state index contributed by atoms with van der Waals surface area (Å²) in [5.41, 5.74) is 1.66. The van der Waals surface area contributed by atoms with Crippen molar-refractivity contribution in [1.29, 1.82) is 0 Å². The summed E-state index contributed by atoms with van der Waals surface area (Å²) in [5, 5.41) is -0.930. The van der Waals surface area contributed by atoms with Crippen LogP contribution in [0.5, 0.6) is 23.0 Å². The van der Waals surface area contributed by atoms with Crippen LogP contribution in [0.2, 0.25) is 0 Å². The minimum Gasteiger partial charge on any atom is -0.457 e. The van der Waals surface area contributed by atoms with Crippen LogP contribution in [0.4, 0.5) is 0 Å². The number of ether oxygens (including phenoxy) is 2. The van der Waals surface area contributed by atoms with E-state index in [1.165, 1.54) is 0 Å². The fraction of sp³-hybridized carbons (Fsp3) is 0.200. The van der Waals surface area contributed by atoms with E-state index < -0.39 is 20.3 Å². The Morgan fingerprint density at radius 1 is 0.541 bits per heavy atom. The van der Waals surface area contributed by atoms with Gasteiger partial charge in [0.25, 0.3) is 0 Å². The van der Waals surface area contributed by atoms with Crippen LogP contribution in [0.1, 0.15) is 21.6 Å². The predicted octanol–water partition coefficient (Wildman–Crippen LogP) is 7.70. The molecular formula is C30H26O4S3. The van der Waals surface area contributed by atoms with Crippen LogP contribution in [0.3, 0.4) is 0 Å². The second kappa shape index (κ2) is 10.5. The summed E-state index contributed by atoms with van der Waals surface area (Å²) in [6, 6.07) is 34.3. The third kappa shape index (κ3) is 5.69. The first-order chi connectivity index (χ1) is 18.1. The highest BCUT2D eigenvalue weighted by Crippen LogP contribution is 2.54. The molecule has 6 rings (SSSR count). The molecule has 0 bridgehead atoms. The molecule has 2 fully saturated rings. The van der Waals surface area contributed by atoms with Crippen molar-refractivity contribution in [3.05, 3.63) is 120 Å². The lowest BCUT2D eigenvalue weighted by Gasteiger charge is -2.25. The fourth-order valence-electron chi connectivity index (χ4n) is 4.55. The lowest BCUT2D eigenvalue weighted by Crippen LogP contribution is -2.27. The van der Waals surface area contributed by atoms with E-state index >= 15 is 0 Å². The van der Waals surface area contributed by atoms with Crippen LogP contribution in [0.25, 0.3) is 0 Å². The van der Waals surface area contributed by atoms with Gasteiger partial charge >= 0.3 is 0 Å². The Morgan fingerprint density at radius 3 is 1.19 bits per heavy atom. The van der Waals surface area contributed by atoms with Gasteiger partial charge in [-0.3, -0.25) is 0 Å². The van der Waals surface area contributed by atoms with Crippen molar-refractivity contribution in [3.63, 3.8) is 0 Å². The number of hydrogen-bond donors (Lipinski definition) is 0. The molecule has 2 saturated heterocycles. The number of benzene rings is 4. The van der Waals surface area contributed by atoms with Gasteiger partial charge in [-0.1, -0.05) is 60.7 Å². The molecule has 2 heterocycles. The summed E-state index contributed by atoms with van der Waals surface area (Å²) in [5.74, 6) is 4.61. The zero-order valence-corrected chi connectivity index (χ0v) is 22.4. The van der Waals surface area contributed by atoms with Crippen LogP contribution in [0, 0.1) is 0 Å². The van der Waals surface area contributed by atoms with Crippen LogP contribution in [-0.2, 0) is 9.84 Å². The highest BCUT2D eigenvalue weighted by Gasteiger charge is 2.50. The molecule has 0 aromatic heterocycles. The molecule has 37 heavy (non-hydrogen) atoms. The number of para-hydroxylation sites is 2. The molecule has 188 valence electrons. The second-order valence-corrected chi connectivity index (χ2v) is 13.9. The van der Waals surface area contributed by atoms with E-state index in [2.05, 4.69) is 0 Å². The first-order valence-electron chi connectivity index (χ1n) is 12.2. The van der Waals surface area contributed by atoms with E-state index in [0.29, 0.717) is 11.5 Å². The highest BCUT2D eigenvalue weighted by atomic mass is 32.2. The van der Waals surface area contributed by atoms with E-state index in [4.69, 9.17) is 9.47 Å². The molecule has 0 N–H and O–H groups in total. The number of hydrogen-bond acceptors (Lipinski definition) is 6. The van der Waals surface area contributed by atoms with Gasteiger partial charge in [-0.2, -0.15) is 23.5 Å². The highest BCUT2D eigenvalue weighted by molar-refractivity contribution is 8.09. The van der Waals surface area contributed by atoms with Crippen molar-refractivity contribution in [1.82, 2.24) is 0 Å². The first kappa shape index (κ1) is 24.5. The molecule has 0 spiro atoms. The summed E-state index contributed by atoms with van der Waals surface area (Å²) in [6.45, 7) is 0. The maximum absolute atomic E-state index is 14.3. The smallest absolute Gasteiger partial charge is 0.166 e. The molecular weight excluding hydrogens is 521 g/mol. The Labute approximate surface area is 226 Å². The molecule has 2 aliphatic heterocycles. The zero-order valence-electron chi connectivity index (χ0n) is 20.0. The van der Waals surface area contributed by atoms with E-state index in [1.54, 1.807) is 23.5 Å². The van der Waals surface area contributed by atoms with Gasteiger partial charge in [-0.25, -0.2) is 8.42 Å². The van der Waals surface area contributed by atoms with Crippen molar-refractivity contribution in [2.24, 2.45) is 0 Å².